The van der Waals surface area contributed by atoms with Gasteiger partial charge in [0.15, 0.2) is 0 Å². The summed E-state index contributed by atoms with van der Waals surface area (Å²) in [5, 5.41) is 19.5. The Labute approximate surface area is 192 Å². The van der Waals surface area contributed by atoms with Crippen LogP contribution in [0.5, 0.6) is 0 Å². The first kappa shape index (κ1) is 25.9. The van der Waals surface area contributed by atoms with Crippen LogP contribution in [0.2, 0.25) is 0 Å². The van der Waals surface area contributed by atoms with E-state index in [0.29, 0.717) is 25.7 Å². The number of Topliss-reactive ketones (excluding diaryl/α,β-unsaturated/α-hetero) is 2. The molecular weight excluding hydrogens is 428 g/mol. The molecule has 0 saturated heterocycles. The summed E-state index contributed by atoms with van der Waals surface area (Å²) in [6.07, 6.45) is -0.351. The van der Waals surface area contributed by atoms with Crippen LogP contribution in [-0.4, -0.2) is 46.3 Å². The Balaban J connectivity index is 1.53. The normalized spacial score (nSPS) is 12.4. The number of esters is 2. The van der Waals surface area contributed by atoms with Crippen LogP contribution in [0.15, 0.2) is 60.7 Å². The van der Waals surface area contributed by atoms with E-state index in [0.717, 1.165) is 6.42 Å². The molecule has 0 spiro atoms. The molecular formula is C25H28O8. The third kappa shape index (κ3) is 9.34. The molecule has 8 heteroatoms. The maximum absolute atomic E-state index is 12.0. The van der Waals surface area contributed by atoms with Crippen molar-refractivity contribution in [2.75, 3.05) is 0 Å². The van der Waals surface area contributed by atoms with Gasteiger partial charge in [0.1, 0.15) is 0 Å². The quantitative estimate of drug-likeness (QED) is 0.192. The molecule has 0 aliphatic heterocycles. The van der Waals surface area contributed by atoms with Crippen molar-refractivity contribution < 1.29 is 38.9 Å². The Morgan fingerprint density at radius 3 is 1.27 bits per heavy atom. The molecule has 2 atom stereocenters. The third-order valence-corrected chi connectivity index (χ3v) is 4.81. The van der Waals surface area contributed by atoms with Gasteiger partial charge in [-0.3, -0.25) is 19.2 Å². The van der Waals surface area contributed by atoms with Crippen LogP contribution in [0, 0.1) is 0 Å². The second-order valence-electron chi connectivity index (χ2n) is 7.41. The summed E-state index contributed by atoms with van der Waals surface area (Å²) < 4.78 is 9.54. The van der Waals surface area contributed by atoms with Crippen LogP contribution in [0.4, 0.5) is 0 Å². The molecule has 0 bridgehead atoms. The van der Waals surface area contributed by atoms with Gasteiger partial charge < -0.3 is 19.7 Å². The lowest BCUT2D eigenvalue weighted by Gasteiger charge is -2.11. The Morgan fingerprint density at radius 1 is 0.576 bits per heavy atom. The fourth-order valence-electron chi connectivity index (χ4n) is 3.03. The largest absolute Gasteiger partial charge is 0.428 e. The lowest BCUT2D eigenvalue weighted by Crippen LogP contribution is -2.27. The van der Waals surface area contributed by atoms with E-state index in [1.54, 1.807) is 36.4 Å². The number of benzene rings is 2. The fraction of sp³-hybridized carbons (Fsp3) is 0.360. The Bertz CT molecular complexity index is 835. The smallest absolute Gasteiger partial charge is 0.308 e. The van der Waals surface area contributed by atoms with Crippen LogP contribution in [0.1, 0.15) is 65.7 Å². The van der Waals surface area contributed by atoms with Gasteiger partial charge in [-0.05, 0) is 12.8 Å². The van der Waals surface area contributed by atoms with E-state index in [1.807, 2.05) is 0 Å². The van der Waals surface area contributed by atoms with Crippen molar-refractivity contribution in [2.24, 2.45) is 0 Å². The Morgan fingerprint density at radius 2 is 0.909 bits per heavy atom. The van der Waals surface area contributed by atoms with Crippen molar-refractivity contribution in [2.45, 2.75) is 57.5 Å². The summed E-state index contributed by atoms with van der Waals surface area (Å²) in [6.45, 7) is 0. The van der Waals surface area contributed by atoms with Crippen LogP contribution < -0.4 is 0 Å². The summed E-state index contributed by atoms with van der Waals surface area (Å²) in [5.74, 6) is -2.67. The number of ketones is 2. The molecule has 0 aromatic heterocycles. The number of unbranched alkanes of at least 4 members (excludes halogenated alkanes) is 4. The van der Waals surface area contributed by atoms with E-state index in [1.165, 1.54) is 24.3 Å². The van der Waals surface area contributed by atoms with E-state index >= 15 is 0 Å². The minimum Gasteiger partial charge on any atom is -0.428 e. The summed E-state index contributed by atoms with van der Waals surface area (Å²) in [7, 11) is 0. The van der Waals surface area contributed by atoms with Crippen LogP contribution in [-0.2, 0) is 19.1 Å². The second-order valence-corrected chi connectivity index (χ2v) is 7.41. The molecule has 0 aliphatic rings. The SMILES string of the molecule is O=C(CCCCCCCC(=O)OC(O)C(=O)c1ccccc1)OC(O)C(=O)c1ccccc1. The molecule has 0 aliphatic carbocycles. The van der Waals surface area contributed by atoms with Gasteiger partial charge in [0.2, 0.25) is 11.6 Å². The van der Waals surface area contributed by atoms with Gasteiger partial charge in [-0.15, -0.1) is 0 Å². The molecule has 8 nitrogen and oxygen atoms in total. The maximum atomic E-state index is 12.0. The molecule has 0 heterocycles. The number of rotatable bonds is 14. The molecule has 2 rings (SSSR count). The Hall–Kier alpha value is -3.36. The zero-order chi connectivity index (χ0) is 24.1. The topological polar surface area (TPSA) is 127 Å². The van der Waals surface area contributed by atoms with Gasteiger partial charge in [0.25, 0.3) is 12.6 Å². The van der Waals surface area contributed by atoms with E-state index in [4.69, 9.17) is 9.47 Å². The Kier molecular flexibility index (Phi) is 10.9. The summed E-state index contributed by atoms with van der Waals surface area (Å²) >= 11 is 0. The van der Waals surface area contributed by atoms with Crippen molar-refractivity contribution >= 4 is 23.5 Å². The van der Waals surface area contributed by atoms with Crippen LogP contribution in [0.25, 0.3) is 0 Å². The van der Waals surface area contributed by atoms with Crippen LogP contribution >= 0.6 is 0 Å². The van der Waals surface area contributed by atoms with Gasteiger partial charge in [-0.1, -0.05) is 79.9 Å². The molecule has 2 aromatic rings. The highest BCUT2D eigenvalue weighted by molar-refractivity contribution is 5.99. The van der Waals surface area contributed by atoms with Gasteiger partial charge in [-0.2, -0.15) is 0 Å². The zero-order valence-electron chi connectivity index (χ0n) is 18.2. The molecule has 0 amide bonds. The molecule has 176 valence electrons. The average molecular weight is 456 g/mol. The van der Waals surface area contributed by atoms with Gasteiger partial charge >= 0.3 is 11.9 Å². The number of ether oxygens (including phenoxy) is 2. The summed E-state index contributed by atoms with van der Waals surface area (Å²) in [6, 6.07) is 16.1. The minimum absolute atomic E-state index is 0.0644. The van der Waals surface area contributed by atoms with Gasteiger partial charge in [0.05, 0.1) is 0 Å². The predicted octanol–water partition coefficient (Wildman–Crippen LogP) is 3.21. The second kappa shape index (κ2) is 13.9. The molecule has 2 aromatic carbocycles. The number of aliphatic hydroxyl groups excluding tert-OH is 2. The van der Waals surface area contributed by atoms with Crippen molar-refractivity contribution in [3.05, 3.63) is 71.8 Å². The van der Waals surface area contributed by atoms with Gasteiger partial charge in [-0.25, -0.2) is 0 Å². The lowest BCUT2D eigenvalue weighted by atomic mass is 10.1. The van der Waals surface area contributed by atoms with E-state index in [9.17, 15) is 29.4 Å². The molecule has 2 N–H and O–H groups in total. The minimum atomic E-state index is -1.82. The number of hydrogen-bond acceptors (Lipinski definition) is 8. The van der Waals surface area contributed by atoms with E-state index in [-0.39, 0.29) is 24.0 Å². The average Bonchev–Trinajstić information content (AvgIpc) is 2.83. The monoisotopic (exact) mass is 456 g/mol. The molecule has 2 unspecified atom stereocenters. The lowest BCUT2D eigenvalue weighted by molar-refractivity contribution is -0.161. The fourth-order valence-corrected chi connectivity index (χ4v) is 3.03. The molecule has 33 heavy (non-hydrogen) atoms. The number of carbonyl (C=O) groups excluding carboxylic acids is 4. The van der Waals surface area contributed by atoms with Crippen molar-refractivity contribution in [1.29, 1.82) is 0 Å². The first-order valence-electron chi connectivity index (χ1n) is 10.8. The van der Waals surface area contributed by atoms with Crippen molar-refractivity contribution in [1.82, 2.24) is 0 Å². The van der Waals surface area contributed by atoms with Gasteiger partial charge in [0, 0.05) is 24.0 Å². The zero-order valence-corrected chi connectivity index (χ0v) is 18.2. The summed E-state index contributed by atoms with van der Waals surface area (Å²) in [5.41, 5.74) is 0.515. The maximum Gasteiger partial charge on any atom is 0.308 e. The van der Waals surface area contributed by atoms with E-state index in [2.05, 4.69) is 0 Å². The first-order valence-corrected chi connectivity index (χ1v) is 10.8. The molecule has 0 fully saturated rings. The summed E-state index contributed by atoms with van der Waals surface area (Å²) in [4.78, 5) is 47.5. The predicted molar refractivity (Wildman–Crippen MR) is 118 cm³/mol. The molecule has 0 saturated carbocycles. The first-order chi connectivity index (χ1) is 15.9. The van der Waals surface area contributed by atoms with E-state index < -0.39 is 36.1 Å². The highest BCUT2D eigenvalue weighted by atomic mass is 16.6. The number of aliphatic hydroxyl groups is 2. The standard InChI is InChI=1S/C25H28O8/c26-20(32-24(30)22(28)18-12-6-4-7-13-18)16-10-2-1-3-11-17-21(27)33-25(31)23(29)19-14-8-5-9-15-19/h4-9,12-15,24-25,30-31H,1-3,10-11,16-17H2. The highest BCUT2D eigenvalue weighted by Gasteiger charge is 2.22. The van der Waals surface area contributed by atoms with Crippen molar-refractivity contribution in [3.8, 4) is 0 Å². The number of carbonyl (C=O) groups is 4. The van der Waals surface area contributed by atoms with Crippen molar-refractivity contribution in [3.63, 3.8) is 0 Å². The third-order valence-electron chi connectivity index (χ3n) is 4.81. The number of hydrogen-bond donors (Lipinski definition) is 2. The molecule has 0 radical (unpaired) electrons. The highest BCUT2D eigenvalue weighted by Crippen LogP contribution is 2.11. The van der Waals surface area contributed by atoms with Crippen LogP contribution in [0.3, 0.4) is 0 Å².